The first kappa shape index (κ1) is 20.4. The maximum absolute atomic E-state index is 12.8. The quantitative estimate of drug-likeness (QED) is 0.745. The first-order chi connectivity index (χ1) is 14.1. The number of amides is 3. The summed E-state index contributed by atoms with van der Waals surface area (Å²) >= 11 is 0. The molecule has 152 valence electrons. The highest BCUT2D eigenvalue weighted by atomic mass is 16.2. The van der Waals surface area contributed by atoms with Crippen LogP contribution in [0.2, 0.25) is 0 Å². The van der Waals surface area contributed by atoms with Crippen LogP contribution in [-0.2, 0) is 20.9 Å². The summed E-state index contributed by atoms with van der Waals surface area (Å²) in [4.78, 5) is 40.8. The van der Waals surface area contributed by atoms with Gasteiger partial charge in [0.15, 0.2) is 0 Å². The molecule has 7 nitrogen and oxygen atoms in total. The molecule has 1 aliphatic rings. The van der Waals surface area contributed by atoms with E-state index in [0.29, 0.717) is 13.1 Å². The third-order valence-corrected chi connectivity index (χ3v) is 4.98. The van der Waals surface area contributed by atoms with Gasteiger partial charge in [-0.2, -0.15) is 0 Å². The Kier molecular flexibility index (Phi) is 6.84. The van der Waals surface area contributed by atoms with Crippen LogP contribution in [0, 0.1) is 0 Å². The van der Waals surface area contributed by atoms with Crippen molar-refractivity contribution in [1.82, 2.24) is 15.1 Å². The monoisotopic (exact) mass is 394 g/mol. The highest BCUT2D eigenvalue weighted by Crippen LogP contribution is 2.17. The van der Waals surface area contributed by atoms with E-state index in [1.54, 1.807) is 11.9 Å². The molecular weight excluding hydrogens is 368 g/mol. The molecular formula is C22H26N4O3. The van der Waals surface area contributed by atoms with E-state index < -0.39 is 0 Å². The minimum absolute atomic E-state index is 0.0240. The average molecular weight is 394 g/mol. The Balaban J connectivity index is 1.68. The lowest BCUT2D eigenvalue weighted by atomic mass is 10.1. The Morgan fingerprint density at radius 1 is 1.03 bits per heavy atom. The summed E-state index contributed by atoms with van der Waals surface area (Å²) < 4.78 is 0. The van der Waals surface area contributed by atoms with Gasteiger partial charge in [0.1, 0.15) is 6.54 Å². The van der Waals surface area contributed by atoms with E-state index in [1.165, 1.54) is 4.90 Å². The normalized spacial score (nSPS) is 16.4. The molecule has 1 atom stereocenters. The Morgan fingerprint density at radius 3 is 2.34 bits per heavy atom. The summed E-state index contributed by atoms with van der Waals surface area (Å²) in [5.74, 6) is -0.469. The molecule has 1 unspecified atom stereocenters. The van der Waals surface area contributed by atoms with E-state index in [1.807, 2.05) is 60.7 Å². The molecule has 0 saturated carbocycles. The van der Waals surface area contributed by atoms with Crippen LogP contribution in [0.4, 0.5) is 5.69 Å². The van der Waals surface area contributed by atoms with Crippen LogP contribution in [0.1, 0.15) is 12.0 Å². The zero-order valence-corrected chi connectivity index (χ0v) is 16.5. The first-order valence-electron chi connectivity index (χ1n) is 9.67. The van der Waals surface area contributed by atoms with Gasteiger partial charge in [-0.05, 0) is 17.7 Å². The molecule has 0 spiro atoms. The molecule has 0 aliphatic carbocycles. The number of carbonyl (C=O) groups is 3. The van der Waals surface area contributed by atoms with Gasteiger partial charge in [-0.1, -0.05) is 48.5 Å². The number of hydrogen-bond acceptors (Lipinski definition) is 4. The lowest BCUT2D eigenvalue weighted by molar-refractivity contribution is -0.149. The van der Waals surface area contributed by atoms with Crippen molar-refractivity contribution in [1.29, 1.82) is 0 Å². The van der Waals surface area contributed by atoms with Gasteiger partial charge in [0.2, 0.25) is 17.7 Å². The van der Waals surface area contributed by atoms with Crippen LogP contribution in [0.25, 0.3) is 0 Å². The fourth-order valence-corrected chi connectivity index (χ4v) is 3.40. The van der Waals surface area contributed by atoms with Gasteiger partial charge in [-0.15, -0.1) is 0 Å². The minimum atomic E-state index is -0.360. The number of hydrogen-bond donors (Lipinski definition) is 2. The van der Waals surface area contributed by atoms with E-state index in [4.69, 9.17) is 0 Å². The van der Waals surface area contributed by atoms with Gasteiger partial charge >= 0.3 is 0 Å². The molecule has 3 amide bonds. The fourth-order valence-electron chi connectivity index (χ4n) is 3.40. The first-order valence-corrected chi connectivity index (χ1v) is 9.67. The predicted molar refractivity (Wildman–Crippen MR) is 111 cm³/mol. The van der Waals surface area contributed by atoms with Crippen molar-refractivity contribution in [3.63, 3.8) is 0 Å². The summed E-state index contributed by atoms with van der Waals surface area (Å²) in [6, 6.07) is 18.8. The molecule has 0 radical (unpaired) electrons. The van der Waals surface area contributed by atoms with Crippen molar-refractivity contribution in [2.75, 3.05) is 32.0 Å². The average Bonchev–Trinajstić information content (AvgIpc) is 2.75. The summed E-state index contributed by atoms with van der Waals surface area (Å²) in [5, 5.41) is 5.69. The van der Waals surface area contributed by atoms with Crippen LogP contribution in [0.15, 0.2) is 60.7 Å². The third kappa shape index (κ3) is 5.57. The van der Waals surface area contributed by atoms with E-state index in [0.717, 1.165) is 11.3 Å². The summed E-state index contributed by atoms with van der Waals surface area (Å²) in [7, 11) is 1.57. The van der Waals surface area contributed by atoms with Gasteiger partial charge < -0.3 is 20.4 Å². The van der Waals surface area contributed by atoms with Crippen LogP contribution in [-0.4, -0.2) is 60.2 Å². The Hall–Kier alpha value is -3.35. The molecule has 1 heterocycles. The van der Waals surface area contributed by atoms with E-state index >= 15 is 0 Å². The molecule has 1 saturated heterocycles. The maximum Gasteiger partial charge on any atom is 0.242 e. The molecule has 1 aliphatic heterocycles. The maximum atomic E-state index is 12.8. The van der Waals surface area contributed by atoms with Crippen LogP contribution < -0.4 is 10.6 Å². The zero-order chi connectivity index (χ0) is 20.6. The van der Waals surface area contributed by atoms with Crippen LogP contribution >= 0.6 is 0 Å². The largest absolute Gasteiger partial charge is 0.376 e. The zero-order valence-electron chi connectivity index (χ0n) is 16.5. The second-order valence-electron chi connectivity index (χ2n) is 7.03. The van der Waals surface area contributed by atoms with Crippen molar-refractivity contribution in [2.24, 2.45) is 0 Å². The van der Waals surface area contributed by atoms with Crippen LogP contribution in [0.3, 0.4) is 0 Å². The van der Waals surface area contributed by atoms with Gasteiger partial charge in [0.05, 0.1) is 12.6 Å². The smallest absolute Gasteiger partial charge is 0.242 e. The number of para-hydroxylation sites is 1. The summed E-state index contributed by atoms with van der Waals surface area (Å²) in [6.45, 7) is 0.844. The Morgan fingerprint density at radius 2 is 1.69 bits per heavy atom. The van der Waals surface area contributed by atoms with Crippen LogP contribution in [0.5, 0.6) is 0 Å². The highest BCUT2D eigenvalue weighted by Gasteiger charge is 2.35. The highest BCUT2D eigenvalue weighted by molar-refractivity contribution is 5.89. The van der Waals surface area contributed by atoms with Crippen molar-refractivity contribution in [3.05, 3.63) is 66.2 Å². The predicted octanol–water partition coefficient (Wildman–Crippen LogP) is 1.47. The van der Waals surface area contributed by atoms with Crippen molar-refractivity contribution >= 4 is 23.4 Å². The number of piperazine rings is 1. The summed E-state index contributed by atoms with van der Waals surface area (Å²) in [6.07, 6.45) is 0.159. The second-order valence-corrected chi connectivity index (χ2v) is 7.03. The standard InChI is InChI=1S/C22H26N4O3/c1-23-20(27)12-19-15-25(14-17-8-4-2-5-9-17)22(29)16-26(19)21(28)13-24-18-10-6-3-7-11-18/h2-11,19,24H,12-16H2,1H3,(H,23,27). The summed E-state index contributed by atoms with van der Waals surface area (Å²) in [5.41, 5.74) is 1.85. The number of carbonyl (C=O) groups excluding carboxylic acids is 3. The molecule has 3 rings (SSSR count). The van der Waals surface area contributed by atoms with Gasteiger partial charge in [0, 0.05) is 32.2 Å². The van der Waals surface area contributed by atoms with E-state index in [-0.39, 0.29) is 43.3 Å². The fraction of sp³-hybridized carbons (Fsp3) is 0.318. The van der Waals surface area contributed by atoms with Gasteiger partial charge in [0.25, 0.3) is 0 Å². The Bertz CT molecular complexity index is 842. The lowest BCUT2D eigenvalue weighted by Gasteiger charge is -2.41. The van der Waals surface area contributed by atoms with Gasteiger partial charge in [-0.25, -0.2) is 0 Å². The molecule has 1 fully saturated rings. The number of rotatable bonds is 7. The third-order valence-electron chi connectivity index (χ3n) is 4.98. The molecule has 7 heteroatoms. The molecule has 29 heavy (non-hydrogen) atoms. The van der Waals surface area contributed by atoms with Crippen molar-refractivity contribution in [3.8, 4) is 0 Å². The number of nitrogens with zero attached hydrogens (tertiary/aromatic N) is 2. The lowest BCUT2D eigenvalue weighted by Crippen LogP contribution is -2.59. The molecule has 2 aromatic rings. The number of benzene rings is 2. The van der Waals surface area contributed by atoms with E-state index in [9.17, 15) is 14.4 Å². The molecule has 0 aromatic heterocycles. The number of nitrogens with one attached hydrogen (secondary N) is 2. The Labute approximate surface area is 170 Å². The topological polar surface area (TPSA) is 81.8 Å². The molecule has 0 bridgehead atoms. The van der Waals surface area contributed by atoms with Crippen molar-refractivity contribution in [2.45, 2.75) is 19.0 Å². The molecule has 2 N–H and O–H groups in total. The van der Waals surface area contributed by atoms with E-state index in [2.05, 4.69) is 10.6 Å². The SMILES string of the molecule is CNC(=O)CC1CN(Cc2ccccc2)C(=O)CN1C(=O)CNc1ccccc1. The minimum Gasteiger partial charge on any atom is -0.376 e. The van der Waals surface area contributed by atoms with Crippen molar-refractivity contribution < 1.29 is 14.4 Å². The molecule has 2 aromatic carbocycles. The van der Waals surface area contributed by atoms with Gasteiger partial charge in [-0.3, -0.25) is 14.4 Å². The number of anilines is 1. The second kappa shape index (κ2) is 9.73.